The first-order valence-corrected chi connectivity index (χ1v) is 11.8. The summed E-state index contributed by atoms with van der Waals surface area (Å²) in [6.45, 7) is 0. The van der Waals surface area contributed by atoms with Crippen LogP contribution >= 0.6 is 0 Å². The molecule has 2 aromatic rings. The fraction of sp³-hybridized carbons (Fsp3) is 0.167. The van der Waals surface area contributed by atoms with Gasteiger partial charge in [0.1, 0.15) is 18.3 Å². The zero-order valence-electron chi connectivity index (χ0n) is 11.0. The van der Waals surface area contributed by atoms with E-state index < -0.39 is 14.2 Å². The Labute approximate surface area is 121 Å². The van der Waals surface area contributed by atoms with Crippen molar-refractivity contribution >= 4 is 35.8 Å². The summed E-state index contributed by atoms with van der Waals surface area (Å²) < 4.78 is 59.4. The second kappa shape index (κ2) is 5.02. The Morgan fingerprint density at radius 2 is 1.24 bits per heavy atom. The van der Waals surface area contributed by atoms with Crippen LogP contribution in [0.25, 0.3) is 10.8 Å². The monoisotopic (exact) mass is 394 g/mol. The first-order chi connectivity index (χ1) is 9.15. The molecular weight excluding hydrogens is 381 g/mol. The van der Waals surface area contributed by atoms with E-state index in [0.29, 0.717) is 5.75 Å². The molecule has 21 heavy (non-hydrogen) atoms. The minimum absolute atomic E-state index is 0.227. The average Bonchev–Trinajstić information content (AvgIpc) is 2.25. The number of hydrogen-bond acceptors (Lipinski definition) is 1. The predicted molar refractivity (Wildman–Crippen MR) is 75.5 cm³/mol. The van der Waals surface area contributed by atoms with Gasteiger partial charge in [0.05, 0.1) is 0 Å². The average molecular weight is 394 g/mol. The SMILES string of the molecule is C[S+](C)c1ccc(O)c2ccccc12.F[As-](F)(F)(F)(F)F. The van der Waals surface area contributed by atoms with Gasteiger partial charge in [-0.2, -0.15) is 0 Å². The number of halogens is 6. The van der Waals surface area contributed by atoms with Crippen molar-refractivity contribution in [2.75, 3.05) is 12.5 Å². The summed E-state index contributed by atoms with van der Waals surface area (Å²) >= 11 is -11.1. The fourth-order valence-electron chi connectivity index (χ4n) is 1.61. The Bertz CT molecular complexity index is 642. The second-order valence-corrected chi connectivity index (χ2v) is 10.5. The molecule has 1 nitrogen and oxygen atoms in total. The van der Waals surface area contributed by atoms with Crippen LogP contribution in [0.4, 0.5) is 20.8 Å². The number of benzene rings is 2. The van der Waals surface area contributed by atoms with E-state index in [4.69, 9.17) is 0 Å². The van der Waals surface area contributed by atoms with Crippen LogP contribution in [-0.2, 0) is 10.9 Å². The van der Waals surface area contributed by atoms with Crippen molar-refractivity contribution in [2.45, 2.75) is 4.90 Å². The van der Waals surface area contributed by atoms with Crippen molar-refractivity contribution < 1.29 is 25.9 Å². The molecule has 0 fully saturated rings. The molecule has 9 heteroatoms. The molecule has 120 valence electrons. The van der Waals surface area contributed by atoms with Crippen LogP contribution in [0.15, 0.2) is 41.3 Å². The van der Waals surface area contributed by atoms with E-state index in [2.05, 4.69) is 18.6 Å². The third-order valence-corrected chi connectivity index (χ3v) is 3.54. The fourth-order valence-corrected chi connectivity index (χ4v) is 2.57. The van der Waals surface area contributed by atoms with Gasteiger partial charge in [-0.1, -0.05) is 18.2 Å². The number of hydrogen-bond donors (Lipinski definition) is 1. The molecule has 0 amide bonds. The first kappa shape index (κ1) is 18.0. The molecule has 0 saturated heterocycles. The van der Waals surface area contributed by atoms with Crippen LogP contribution in [-0.4, -0.2) is 31.8 Å². The summed E-state index contributed by atoms with van der Waals surface area (Å²) in [6, 6.07) is 11.8. The Balaban J connectivity index is 0.000000270. The van der Waals surface area contributed by atoms with E-state index in [1.807, 2.05) is 24.3 Å². The zero-order valence-corrected chi connectivity index (χ0v) is 13.7. The van der Waals surface area contributed by atoms with Crippen molar-refractivity contribution in [1.29, 1.82) is 0 Å². The predicted octanol–water partition coefficient (Wildman–Crippen LogP) is 4.92. The Kier molecular flexibility index (Phi) is 4.31. The second-order valence-electron chi connectivity index (χ2n) is 4.40. The van der Waals surface area contributed by atoms with Crippen LogP contribution in [0.1, 0.15) is 0 Å². The van der Waals surface area contributed by atoms with Gasteiger partial charge >= 0.3 is 35.0 Å². The Morgan fingerprint density at radius 3 is 1.67 bits per heavy atom. The molecule has 2 rings (SSSR count). The third-order valence-electron chi connectivity index (χ3n) is 2.30. The van der Waals surface area contributed by atoms with Crippen LogP contribution in [0.5, 0.6) is 5.75 Å². The molecule has 0 bridgehead atoms. The molecule has 0 aliphatic rings. The minimum atomic E-state index is -11.1. The van der Waals surface area contributed by atoms with Crippen molar-refractivity contribution in [3.63, 3.8) is 0 Å². The molecule has 0 aliphatic heterocycles. The van der Waals surface area contributed by atoms with Crippen molar-refractivity contribution in [3.05, 3.63) is 36.4 Å². The van der Waals surface area contributed by atoms with E-state index in [0.717, 1.165) is 5.39 Å². The molecule has 0 aliphatic carbocycles. The molecule has 0 atom stereocenters. The molecule has 2 aromatic carbocycles. The summed E-state index contributed by atoms with van der Waals surface area (Å²) in [5.74, 6) is 0.370. The van der Waals surface area contributed by atoms with E-state index >= 15 is 0 Å². The molecule has 1 N–H and O–H groups in total. The standard InChI is InChI=1S/C12H12OS.AsF6/c1-14(2)12-8-7-11(13)9-5-3-4-6-10(9)12;2-1(3,4,5,6)7/h3-8H,1-2H3;/q;-1/p+1. The van der Waals surface area contributed by atoms with E-state index in [1.165, 1.54) is 10.3 Å². The van der Waals surface area contributed by atoms with Gasteiger partial charge in [-0.3, -0.25) is 0 Å². The summed E-state index contributed by atoms with van der Waals surface area (Å²) in [7, 11) is 0.227. The van der Waals surface area contributed by atoms with Crippen molar-refractivity contribution in [2.24, 2.45) is 0 Å². The maximum absolute atomic E-state index is 11.1. The van der Waals surface area contributed by atoms with Gasteiger partial charge in [-0.15, -0.1) is 0 Å². The van der Waals surface area contributed by atoms with E-state index in [1.54, 1.807) is 6.07 Å². The van der Waals surface area contributed by atoms with Gasteiger partial charge in [-0.25, -0.2) is 0 Å². The number of phenolic OH excluding ortho intramolecular Hbond substituents is 1. The molecule has 0 saturated carbocycles. The first-order valence-electron chi connectivity index (χ1n) is 5.50. The topological polar surface area (TPSA) is 20.2 Å². The molecule has 0 radical (unpaired) electrons. The van der Waals surface area contributed by atoms with Gasteiger partial charge in [0.25, 0.3) is 0 Å². The number of phenols is 1. The zero-order chi connectivity index (χ0) is 16.5. The number of rotatable bonds is 1. The van der Waals surface area contributed by atoms with Gasteiger partial charge in [0, 0.05) is 21.7 Å². The van der Waals surface area contributed by atoms with E-state index in [-0.39, 0.29) is 10.9 Å². The number of fused-ring (bicyclic) bond motifs is 1. The normalized spacial score (nSPS) is 15.1. The van der Waals surface area contributed by atoms with Crippen LogP contribution < -0.4 is 0 Å². The molecule has 0 spiro atoms. The van der Waals surface area contributed by atoms with Gasteiger partial charge in [0.15, 0.2) is 4.90 Å². The van der Waals surface area contributed by atoms with Crippen molar-refractivity contribution in [3.8, 4) is 5.75 Å². The van der Waals surface area contributed by atoms with Gasteiger partial charge in [0.2, 0.25) is 0 Å². The summed E-state index contributed by atoms with van der Waals surface area (Å²) in [6.07, 6.45) is 4.39. The molecular formula is C12H13AsF6OS. The third kappa shape index (κ3) is 7.52. The maximum atomic E-state index is 9.91. The van der Waals surface area contributed by atoms with Gasteiger partial charge in [-0.05, 0) is 18.2 Å². The van der Waals surface area contributed by atoms with Crippen LogP contribution in [0.3, 0.4) is 0 Å². The molecule has 0 unspecified atom stereocenters. The quantitative estimate of drug-likeness (QED) is 0.414. The Hall–Kier alpha value is -1.01. The summed E-state index contributed by atoms with van der Waals surface area (Å²) in [5, 5.41) is 11.8. The van der Waals surface area contributed by atoms with Crippen LogP contribution in [0, 0.1) is 0 Å². The number of aromatic hydroxyl groups is 1. The van der Waals surface area contributed by atoms with Gasteiger partial charge < -0.3 is 5.11 Å². The van der Waals surface area contributed by atoms with Crippen molar-refractivity contribution in [1.82, 2.24) is 0 Å². The molecule has 0 heterocycles. The van der Waals surface area contributed by atoms with E-state index in [9.17, 15) is 25.9 Å². The summed E-state index contributed by atoms with van der Waals surface area (Å²) in [5.41, 5.74) is 0. The van der Waals surface area contributed by atoms with Crippen LogP contribution in [0.2, 0.25) is 0 Å². The molecule has 0 aromatic heterocycles. The Morgan fingerprint density at radius 1 is 0.810 bits per heavy atom. The summed E-state index contributed by atoms with van der Waals surface area (Å²) in [4.78, 5) is 1.32.